The summed E-state index contributed by atoms with van der Waals surface area (Å²) in [4.78, 5) is 0. The van der Waals surface area contributed by atoms with E-state index in [0.29, 0.717) is 0 Å². The smallest absolute Gasteiger partial charge is 0.101 e. The van der Waals surface area contributed by atoms with Crippen LogP contribution in [0.4, 0.5) is 0 Å². The Balaban J connectivity index is 2.15. The molecule has 1 aromatic heterocycles. The molecular weight excluding hydrogens is 212 g/mol. The highest BCUT2D eigenvalue weighted by molar-refractivity contribution is 8.01. The van der Waals surface area contributed by atoms with Crippen molar-refractivity contribution >= 4 is 23.1 Å². The van der Waals surface area contributed by atoms with E-state index in [9.17, 15) is 0 Å². The van der Waals surface area contributed by atoms with E-state index in [1.165, 1.54) is 4.21 Å². The Morgan fingerprint density at radius 2 is 2.50 bits per heavy atom. The average Bonchev–Trinajstić information content (AvgIpc) is 2.65. The van der Waals surface area contributed by atoms with E-state index >= 15 is 0 Å². The van der Waals surface area contributed by atoms with Gasteiger partial charge < -0.3 is 5.73 Å². The number of nitrogens with two attached hydrogens (primary N) is 1. The van der Waals surface area contributed by atoms with Gasteiger partial charge in [-0.25, -0.2) is 0 Å². The molecule has 0 fully saturated rings. The molecule has 76 valence electrons. The number of thioether (sulfide) groups is 1. The zero-order valence-corrected chi connectivity index (χ0v) is 9.83. The standard InChI is InChI=1S/C10H14N2S2/c1-10(12,8-11)5-3-7-14-9-4-2-6-13-9/h2,4,6H,3,5,7,12H2,1H3. The second kappa shape index (κ2) is 5.40. The van der Waals surface area contributed by atoms with Crippen molar-refractivity contribution < 1.29 is 0 Å². The maximum atomic E-state index is 8.70. The summed E-state index contributed by atoms with van der Waals surface area (Å²) in [6, 6.07) is 6.27. The predicted octanol–water partition coefficient (Wildman–Crippen LogP) is 2.86. The molecule has 4 heteroatoms. The molecule has 14 heavy (non-hydrogen) atoms. The lowest BCUT2D eigenvalue weighted by atomic mass is 10.0. The third-order valence-electron chi connectivity index (χ3n) is 1.84. The number of thiophene rings is 1. The first-order valence-electron chi connectivity index (χ1n) is 4.50. The van der Waals surface area contributed by atoms with Crippen LogP contribution in [-0.4, -0.2) is 11.3 Å². The van der Waals surface area contributed by atoms with E-state index in [1.807, 2.05) is 11.8 Å². The zero-order chi connectivity index (χ0) is 10.4. The van der Waals surface area contributed by atoms with E-state index in [1.54, 1.807) is 18.3 Å². The Kier molecular flexibility index (Phi) is 4.46. The van der Waals surface area contributed by atoms with Gasteiger partial charge in [-0.1, -0.05) is 6.07 Å². The van der Waals surface area contributed by atoms with Crippen LogP contribution in [0.15, 0.2) is 21.7 Å². The fourth-order valence-electron chi connectivity index (χ4n) is 1.01. The average molecular weight is 226 g/mol. The van der Waals surface area contributed by atoms with Crippen LogP contribution < -0.4 is 5.73 Å². The third-order valence-corrected chi connectivity index (χ3v) is 4.05. The third kappa shape index (κ3) is 4.14. The van der Waals surface area contributed by atoms with Gasteiger partial charge in [0.2, 0.25) is 0 Å². The summed E-state index contributed by atoms with van der Waals surface area (Å²) in [5.41, 5.74) is 5.05. The van der Waals surface area contributed by atoms with Gasteiger partial charge in [0.1, 0.15) is 5.54 Å². The van der Waals surface area contributed by atoms with Gasteiger partial charge in [0.05, 0.1) is 10.3 Å². The van der Waals surface area contributed by atoms with Crippen molar-refractivity contribution in [2.24, 2.45) is 5.73 Å². The minimum atomic E-state index is -0.657. The van der Waals surface area contributed by atoms with Crippen LogP contribution in [0.3, 0.4) is 0 Å². The Labute approximate surface area is 93.1 Å². The molecule has 1 rings (SSSR count). The first kappa shape index (κ1) is 11.6. The van der Waals surface area contributed by atoms with E-state index in [0.717, 1.165) is 18.6 Å². The van der Waals surface area contributed by atoms with E-state index in [4.69, 9.17) is 11.0 Å². The second-order valence-corrected chi connectivity index (χ2v) is 5.76. The summed E-state index contributed by atoms with van der Waals surface area (Å²) in [6.07, 6.45) is 1.75. The molecule has 0 radical (unpaired) electrons. The SMILES string of the molecule is CC(N)(C#N)CCCSc1cccs1. The lowest BCUT2D eigenvalue weighted by molar-refractivity contribution is 0.540. The molecular formula is C10H14N2S2. The summed E-state index contributed by atoms with van der Waals surface area (Å²) in [6.45, 7) is 1.78. The van der Waals surface area contributed by atoms with E-state index in [2.05, 4.69) is 23.6 Å². The van der Waals surface area contributed by atoms with E-state index in [-0.39, 0.29) is 0 Å². The molecule has 0 aliphatic rings. The lowest BCUT2D eigenvalue weighted by Gasteiger charge is -2.13. The second-order valence-electron chi connectivity index (χ2n) is 3.41. The quantitative estimate of drug-likeness (QED) is 0.620. The normalized spacial score (nSPS) is 14.6. The number of rotatable bonds is 5. The Morgan fingerprint density at radius 1 is 1.71 bits per heavy atom. The van der Waals surface area contributed by atoms with Crippen molar-refractivity contribution in [2.45, 2.75) is 29.5 Å². The first-order chi connectivity index (χ1) is 6.64. The van der Waals surface area contributed by atoms with Crippen LogP contribution in [0.2, 0.25) is 0 Å². The monoisotopic (exact) mass is 226 g/mol. The molecule has 0 bridgehead atoms. The van der Waals surface area contributed by atoms with Crippen LogP contribution in [0, 0.1) is 11.3 Å². The van der Waals surface area contributed by atoms with E-state index < -0.39 is 5.54 Å². The molecule has 2 N–H and O–H groups in total. The minimum Gasteiger partial charge on any atom is -0.314 e. The fourth-order valence-corrected chi connectivity index (χ4v) is 2.82. The van der Waals surface area contributed by atoms with Gasteiger partial charge in [-0.15, -0.1) is 23.1 Å². The Morgan fingerprint density at radius 3 is 3.07 bits per heavy atom. The number of nitrogens with zero attached hydrogens (tertiary/aromatic N) is 1. The van der Waals surface area contributed by atoms with Crippen molar-refractivity contribution in [3.8, 4) is 6.07 Å². The van der Waals surface area contributed by atoms with Gasteiger partial charge in [-0.05, 0) is 37.0 Å². The van der Waals surface area contributed by atoms with Gasteiger partial charge in [0.15, 0.2) is 0 Å². The van der Waals surface area contributed by atoms with Crippen LogP contribution in [-0.2, 0) is 0 Å². The Bertz CT molecular complexity index is 298. The molecule has 2 nitrogen and oxygen atoms in total. The van der Waals surface area contributed by atoms with Gasteiger partial charge in [-0.3, -0.25) is 0 Å². The van der Waals surface area contributed by atoms with Crippen LogP contribution >= 0.6 is 23.1 Å². The number of hydrogen-bond donors (Lipinski definition) is 1. The molecule has 0 saturated carbocycles. The van der Waals surface area contributed by atoms with Crippen molar-refractivity contribution in [1.82, 2.24) is 0 Å². The summed E-state index contributed by atoms with van der Waals surface area (Å²) < 4.78 is 1.33. The maximum absolute atomic E-state index is 8.70. The molecule has 1 unspecified atom stereocenters. The number of hydrogen-bond acceptors (Lipinski definition) is 4. The fraction of sp³-hybridized carbons (Fsp3) is 0.500. The summed E-state index contributed by atoms with van der Waals surface area (Å²) in [5, 5.41) is 10.8. The topological polar surface area (TPSA) is 49.8 Å². The van der Waals surface area contributed by atoms with Gasteiger partial charge in [0.25, 0.3) is 0 Å². The first-order valence-corrected chi connectivity index (χ1v) is 6.37. The molecule has 0 aliphatic heterocycles. The van der Waals surface area contributed by atoms with Crippen molar-refractivity contribution in [3.63, 3.8) is 0 Å². The van der Waals surface area contributed by atoms with Crippen LogP contribution in [0.1, 0.15) is 19.8 Å². The highest BCUT2D eigenvalue weighted by Crippen LogP contribution is 2.24. The highest BCUT2D eigenvalue weighted by Gasteiger charge is 2.15. The largest absolute Gasteiger partial charge is 0.314 e. The van der Waals surface area contributed by atoms with Crippen LogP contribution in [0.25, 0.3) is 0 Å². The summed E-state index contributed by atoms with van der Waals surface area (Å²) in [7, 11) is 0. The molecule has 0 amide bonds. The zero-order valence-electron chi connectivity index (χ0n) is 8.19. The summed E-state index contributed by atoms with van der Waals surface area (Å²) >= 11 is 3.59. The van der Waals surface area contributed by atoms with Gasteiger partial charge in [-0.2, -0.15) is 5.26 Å². The van der Waals surface area contributed by atoms with Crippen molar-refractivity contribution in [1.29, 1.82) is 5.26 Å². The van der Waals surface area contributed by atoms with Gasteiger partial charge >= 0.3 is 0 Å². The predicted molar refractivity (Wildman–Crippen MR) is 62.5 cm³/mol. The van der Waals surface area contributed by atoms with Gasteiger partial charge in [0, 0.05) is 0 Å². The maximum Gasteiger partial charge on any atom is 0.101 e. The molecule has 0 aromatic carbocycles. The van der Waals surface area contributed by atoms with Crippen molar-refractivity contribution in [3.05, 3.63) is 17.5 Å². The highest BCUT2D eigenvalue weighted by atomic mass is 32.2. The molecule has 1 aromatic rings. The molecule has 1 heterocycles. The summed E-state index contributed by atoms with van der Waals surface area (Å²) in [5.74, 6) is 1.04. The number of nitriles is 1. The molecule has 0 saturated heterocycles. The molecule has 0 spiro atoms. The minimum absolute atomic E-state index is 0.657. The Hall–Kier alpha value is -0.500. The molecule has 1 atom stereocenters. The van der Waals surface area contributed by atoms with Crippen LogP contribution in [0.5, 0.6) is 0 Å². The lowest BCUT2D eigenvalue weighted by Crippen LogP contribution is -2.33. The van der Waals surface area contributed by atoms with Crippen molar-refractivity contribution in [2.75, 3.05) is 5.75 Å². The molecule has 0 aliphatic carbocycles.